The molecule has 0 unspecified atom stereocenters. The molecular weight excluding hydrogens is 595 g/mol. The van der Waals surface area contributed by atoms with Crippen molar-refractivity contribution in [3.63, 3.8) is 0 Å². The zero-order valence-corrected chi connectivity index (χ0v) is 26.6. The Kier molecular flexibility index (Phi) is 6.18. The second-order valence-corrected chi connectivity index (χ2v) is 12.6. The molecule has 49 heavy (non-hydrogen) atoms. The molecule has 0 aliphatic rings. The van der Waals surface area contributed by atoms with Gasteiger partial charge in [-0.25, -0.2) is 9.97 Å². The van der Waals surface area contributed by atoms with E-state index in [1.54, 1.807) is 0 Å². The number of aromatic nitrogens is 3. The molecular formula is C46H29N3. The fraction of sp³-hybridized carbons (Fsp3) is 0. The highest BCUT2D eigenvalue weighted by atomic mass is 14.9. The van der Waals surface area contributed by atoms with Gasteiger partial charge in [0.15, 0.2) is 5.82 Å². The molecule has 0 aliphatic carbocycles. The van der Waals surface area contributed by atoms with E-state index in [9.17, 15) is 0 Å². The van der Waals surface area contributed by atoms with Crippen molar-refractivity contribution in [3.8, 4) is 44.9 Å². The molecule has 3 aromatic heterocycles. The zero-order chi connectivity index (χ0) is 32.3. The van der Waals surface area contributed by atoms with Crippen molar-refractivity contribution in [2.45, 2.75) is 0 Å². The van der Waals surface area contributed by atoms with Crippen LogP contribution >= 0.6 is 0 Å². The van der Waals surface area contributed by atoms with E-state index in [1.807, 2.05) is 12.1 Å². The number of hydrogen-bond donors (Lipinski definition) is 0. The van der Waals surface area contributed by atoms with Gasteiger partial charge in [-0.3, -0.25) is 0 Å². The molecule has 3 heteroatoms. The Bertz CT molecular complexity index is 2870. The molecule has 0 spiro atoms. The topological polar surface area (TPSA) is 30.2 Å². The van der Waals surface area contributed by atoms with E-state index in [-0.39, 0.29) is 0 Å². The van der Waals surface area contributed by atoms with E-state index in [1.165, 1.54) is 54.8 Å². The van der Waals surface area contributed by atoms with Crippen LogP contribution in [-0.4, -0.2) is 14.4 Å². The van der Waals surface area contributed by atoms with Gasteiger partial charge in [0.25, 0.3) is 0 Å². The highest BCUT2D eigenvalue weighted by Crippen LogP contribution is 2.44. The molecule has 0 atom stereocenters. The van der Waals surface area contributed by atoms with Crippen molar-refractivity contribution in [3.05, 3.63) is 176 Å². The van der Waals surface area contributed by atoms with E-state index in [0.717, 1.165) is 33.3 Å². The highest BCUT2D eigenvalue weighted by Gasteiger charge is 2.21. The molecule has 3 heterocycles. The van der Waals surface area contributed by atoms with Crippen LogP contribution < -0.4 is 0 Å². The lowest BCUT2D eigenvalue weighted by Crippen LogP contribution is -1.95. The van der Waals surface area contributed by atoms with Crippen molar-refractivity contribution >= 4 is 49.0 Å². The molecule has 0 radical (unpaired) electrons. The van der Waals surface area contributed by atoms with Crippen LogP contribution in [0.2, 0.25) is 0 Å². The minimum atomic E-state index is 0.717. The van der Waals surface area contributed by atoms with Crippen molar-refractivity contribution in [2.75, 3.05) is 0 Å². The number of para-hydroxylation sites is 2. The summed E-state index contributed by atoms with van der Waals surface area (Å²) in [5.41, 5.74) is 12.3. The Morgan fingerprint density at radius 1 is 0.347 bits per heavy atom. The first-order valence-corrected chi connectivity index (χ1v) is 16.7. The molecule has 7 aromatic carbocycles. The first kappa shape index (κ1) is 27.5. The lowest BCUT2D eigenvalue weighted by molar-refractivity contribution is 1.23. The van der Waals surface area contributed by atoms with Gasteiger partial charge < -0.3 is 4.40 Å². The standard InChI is InChI=1S/C46H29N3/c1-3-14-30(15-4-1)32-26-27-39-42(29-32)49-41-25-12-10-21-36(41)35-20-7-8-22-37(35)45(49)43(39)33-18-13-19-34(28-33)46-47-40-24-11-9-23-38(40)44(48-46)31-16-5-2-6-17-31/h1-29H. The van der Waals surface area contributed by atoms with Gasteiger partial charge in [-0.2, -0.15) is 0 Å². The molecule has 0 saturated heterocycles. The molecule has 10 aromatic rings. The number of rotatable bonds is 4. The van der Waals surface area contributed by atoms with Crippen LogP contribution in [0.3, 0.4) is 0 Å². The second kappa shape index (κ2) is 11.0. The molecule has 0 bridgehead atoms. The Morgan fingerprint density at radius 3 is 1.80 bits per heavy atom. The van der Waals surface area contributed by atoms with Crippen molar-refractivity contribution in [1.29, 1.82) is 0 Å². The van der Waals surface area contributed by atoms with Crippen LogP contribution in [0.5, 0.6) is 0 Å². The maximum absolute atomic E-state index is 5.21. The van der Waals surface area contributed by atoms with Crippen LogP contribution in [-0.2, 0) is 0 Å². The monoisotopic (exact) mass is 623 g/mol. The number of hydrogen-bond acceptors (Lipinski definition) is 2. The molecule has 228 valence electrons. The fourth-order valence-electron chi connectivity index (χ4n) is 7.55. The number of benzene rings is 7. The SMILES string of the molecule is c1ccc(-c2ccc3c(-c4cccc(-c5nc(-c6ccccc6)c6ccccc6n5)c4)c4c5ccccc5c5ccccc5n4c3c2)cc1. The number of fused-ring (bicyclic) bond motifs is 9. The first-order chi connectivity index (χ1) is 24.3. The van der Waals surface area contributed by atoms with Crippen LogP contribution in [0.15, 0.2) is 176 Å². The van der Waals surface area contributed by atoms with Crippen LogP contribution in [0.4, 0.5) is 0 Å². The Hall–Kier alpha value is -6.58. The van der Waals surface area contributed by atoms with Gasteiger partial charge in [-0.1, -0.05) is 152 Å². The number of pyridine rings is 1. The lowest BCUT2D eigenvalue weighted by Gasteiger charge is -2.12. The van der Waals surface area contributed by atoms with E-state index in [0.29, 0.717) is 5.82 Å². The van der Waals surface area contributed by atoms with E-state index >= 15 is 0 Å². The Morgan fingerprint density at radius 2 is 0.980 bits per heavy atom. The van der Waals surface area contributed by atoms with Crippen LogP contribution in [0, 0.1) is 0 Å². The van der Waals surface area contributed by atoms with Gasteiger partial charge in [0.2, 0.25) is 0 Å². The van der Waals surface area contributed by atoms with Crippen LogP contribution in [0.25, 0.3) is 93.9 Å². The summed E-state index contributed by atoms with van der Waals surface area (Å²) in [6.45, 7) is 0. The van der Waals surface area contributed by atoms with Crippen molar-refractivity contribution in [2.24, 2.45) is 0 Å². The average Bonchev–Trinajstić information content (AvgIpc) is 3.53. The summed E-state index contributed by atoms with van der Waals surface area (Å²) < 4.78 is 2.47. The normalized spacial score (nSPS) is 11.7. The molecule has 3 nitrogen and oxygen atoms in total. The number of nitrogens with zero attached hydrogens (tertiary/aromatic N) is 3. The highest BCUT2D eigenvalue weighted by molar-refractivity contribution is 6.22. The lowest BCUT2D eigenvalue weighted by atomic mass is 9.96. The Labute approximate surface area is 283 Å². The van der Waals surface area contributed by atoms with E-state index in [4.69, 9.17) is 9.97 Å². The third kappa shape index (κ3) is 4.37. The summed E-state index contributed by atoms with van der Waals surface area (Å²) in [5.74, 6) is 0.717. The summed E-state index contributed by atoms with van der Waals surface area (Å²) in [6, 6.07) is 62.6. The van der Waals surface area contributed by atoms with Crippen molar-refractivity contribution in [1.82, 2.24) is 14.4 Å². The van der Waals surface area contributed by atoms with Crippen LogP contribution in [0.1, 0.15) is 0 Å². The van der Waals surface area contributed by atoms with Gasteiger partial charge >= 0.3 is 0 Å². The summed E-state index contributed by atoms with van der Waals surface area (Å²) in [4.78, 5) is 10.3. The summed E-state index contributed by atoms with van der Waals surface area (Å²) in [7, 11) is 0. The van der Waals surface area contributed by atoms with Gasteiger partial charge in [0.05, 0.1) is 27.8 Å². The van der Waals surface area contributed by atoms with Gasteiger partial charge in [-0.15, -0.1) is 0 Å². The minimum absolute atomic E-state index is 0.717. The first-order valence-electron chi connectivity index (χ1n) is 16.7. The Balaban J connectivity index is 1.28. The van der Waals surface area contributed by atoms with Gasteiger partial charge in [0, 0.05) is 38.2 Å². The van der Waals surface area contributed by atoms with Gasteiger partial charge in [0.1, 0.15) is 0 Å². The smallest absolute Gasteiger partial charge is 0.160 e. The minimum Gasteiger partial charge on any atom is -0.308 e. The largest absolute Gasteiger partial charge is 0.308 e. The quantitative estimate of drug-likeness (QED) is 0.183. The van der Waals surface area contributed by atoms with E-state index < -0.39 is 0 Å². The molecule has 0 amide bonds. The molecule has 0 aliphatic heterocycles. The second-order valence-electron chi connectivity index (χ2n) is 12.6. The molecule has 0 fully saturated rings. The predicted octanol–water partition coefficient (Wildman–Crippen LogP) is 12.0. The van der Waals surface area contributed by atoms with Crippen molar-refractivity contribution < 1.29 is 0 Å². The third-order valence-corrected chi connectivity index (χ3v) is 9.75. The maximum Gasteiger partial charge on any atom is 0.160 e. The van der Waals surface area contributed by atoms with E-state index in [2.05, 4.69) is 168 Å². The summed E-state index contributed by atoms with van der Waals surface area (Å²) in [6.07, 6.45) is 0. The molecule has 0 saturated carbocycles. The molecule has 10 rings (SSSR count). The summed E-state index contributed by atoms with van der Waals surface area (Å²) >= 11 is 0. The average molecular weight is 624 g/mol. The fourth-order valence-corrected chi connectivity index (χ4v) is 7.55. The van der Waals surface area contributed by atoms with Gasteiger partial charge in [-0.05, 0) is 46.3 Å². The zero-order valence-electron chi connectivity index (χ0n) is 26.6. The third-order valence-electron chi connectivity index (χ3n) is 9.75. The predicted molar refractivity (Wildman–Crippen MR) is 205 cm³/mol. The summed E-state index contributed by atoms with van der Waals surface area (Å²) in [5, 5.41) is 5.98. The maximum atomic E-state index is 5.21. The molecule has 0 N–H and O–H groups in total.